The Bertz CT molecular complexity index is 1340. The van der Waals surface area contributed by atoms with E-state index in [-0.39, 0.29) is 11.3 Å². The highest BCUT2D eigenvalue weighted by Gasteiger charge is 2.46. The van der Waals surface area contributed by atoms with Gasteiger partial charge in [-0.1, -0.05) is 56.3 Å². The molecule has 3 aromatic carbocycles. The van der Waals surface area contributed by atoms with Gasteiger partial charge in [0.1, 0.15) is 19.0 Å². The molecule has 7 nitrogen and oxygen atoms in total. The van der Waals surface area contributed by atoms with Crippen LogP contribution in [0.25, 0.3) is 16.5 Å². The van der Waals surface area contributed by atoms with Crippen LogP contribution in [0.2, 0.25) is 0 Å². The van der Waals surface area contributed by atoms with E-state index in [0.29, 0.717) is 43.4 Å². The number of ketones is 1. The fourth-order valence-corrected chi connectivity index (χ4v) is 5.06. The number of likely N-dealkylation sites (N-methyl/N-ethyl adjacent to an activating group) is 1. The molecule has 0 aliphatic carbocycles. The van der Waals surface area contributed by atoms with Gasteiger partial charge < -0.3 is 24.4 Å². The molecule has 0 bridgehead atoms. The average molecular weight is 487 g/mol. The van der Waals surface area contributed by atoms with Crippen molar-refractivity contribution >= 4 is 28.2 Å². The Balaban J connectivity index is 1.66. The molecule has 1 fully saturated rings. The molecule has 0 radical (unpaired) electrons. The molecule has 2 aliphatic rings. The summed E-state index contributed by atoms with van der Waals surface area (Å²) in [7, 11) is 0. The van der Waals surface area contributed by atoms with Crippen molar-refractivity contribution in [2.75, 3.05) is 39.4 Å². The van der Waals surface area contributed by atoms with Crippen molar-refractivity contribution in [3.63, 3.8) is 0 Å². The van der Waals surface area contributed by atoms with Crippen LogP contribution in [0.15, 0.2) is 66.2 Å². The molecule has 5 rings (SSSR count). The van der Waals surface area contributed by atoms with E-state index in [1.165, 1.54) is 0 Å². The number of ether oxygens (including phenoxy) is 2. The molecule has 2 aliphatic heterocycles. The van der Waals surface area contributed by atoms with Crippen LogP contribution in [0.1, 0.15) is 31.0 Å². The summed E-state index contributed by atoms with van der Waals surface area (Å²) < 4.78 is 11.3. The minimum absolute atomic E-state index is 0.0903. The van der Waals surface area contributed by atoms with Crippen LogP contribution in [-0.4, -0.2) is 66.0 Å². The van der Waals surface area contributed by atoms with Crippen molar-refractivity contribution < 1.29 is 24.2 Å². The van der Waals surface area contributed by atoms with Crippen LogP contribution >= 0.6 is 0 Å². The Labute approximate surface area is 210 Å². The molecule has 1 amide bonds. The third-order valence-corrected chi connectivity index (χ3v) is 7.03. The lowest BCUT2D eigenvalue weighted by atomic mass is 9.91. The van der Waals surface area contributed by atoms with Crippen LogP contribution < -0.4 is 9.47 Å². The smallest absolute Gasteiger partial charge is 0.295 e. The molecule has 2 heterocycles. The topological polar surface area (TPSA) is 79.3 Å². The van der Waals surface area contributed by atoms with Gasteiger partial charge in [-0.05, 0) is 47.6 Å². The first kappa shape index (κ1) is 23.9. The highest BCUT2D eigenvalue weighted by molar-refractivity contribution is 6.46. The summed E-state index contributed by atoms with van der Waals surface area (Å²) in [6.45, 7) is 7.69. The summed E-state index contributed by atoms with van der Waals surface area (Å²) in [6.07, 6.45) is 0. The molecular formula is C29H30N2O5. The molecule has 1 saturated heterocycles. The van der Waals surface area contributed by atoms with Gasteiger partial charge in [-0.3, -0.25) is 9.59 Å². The maximum Gasteiger partial charge on any atom is 0.295 e. The summed E-state index contributed by atoms with van der Waals surface area (Å²) in [5, 5.41) is 13.4. The van der Waals surface area contributed by atoms with Crippen molar-refractivity contribution in [2.24, 2.45) is 0 Å². The zero-order valence-electron chi connectivity index (χ0n) is 20.6. The Morgan fingerprint density at radius 3 is 2.47 bits per heavy atom. The van der Waals surface area contributed by atoms with E-state index >= 15 is 0 Å². The Kier molecular flexibility index (Phi) is 6.65. The first-order valence-corrected chi connectivity index (χ1v) is 12.4. The van der Waals surface area contributed by atoms with Gasteiger partial charge in [0, 0.05) is 18.7 Å². The van der Waals surface area contributed by atoms with Crippen LogP contribution in [0.5, 0.6) is 11.5 Å². The van der Waals surface area contributed by atoms with E-state index in [0.717, 1.165) is 29.4 Å². The molecule has 1 unspecified atom stereocenters. The lowest BCUT2D eigenvalue weighted by molar-refractivity contribution is -0.140. The highest BCUT2D eigenvalue weighted by atomic mass is 16.6. The molecular weight excluding hydrogens is 456 g/mol. The Hall–Kier alpha value is -3.84. The number of carbonyl (C=O) groups excluding carboxylic acids is 2. The van der Waals surface area contributed by atoms with Crippen LogP contribution in [0.4, 0.5) is 0 Å². The monoisotopic (exact) mass is 486 g/mol. The first-order valence-electron chi connectivity index (χ1n) is 12.4. The number of hydrogen-bond donors (Lipinski definition) is 1. The van der Waals surface area contributed by atoms with Crippen LogP contribution in [0.3, 0.4) is 0 Å². The maximum absolute atomic E-state index is 13.4. The number of hydrogen-bond acceptors (Lipinski definition) is 6. The number of likely N-dealkylation sites (tertiary alicyclic amines) is 1. The average Bonchev–Trinajstić information content (AvgIpc) is 3.17. The SMILES string of the molecule is CCN(CC)CCN1C(=O)C(=O)C(=C(O)c2ccc3c(c2)OCCO3)C1c1cccc2ccccc12. The van der Waals surface area contributed by atoms with Gasteiger partial charge in [-0.2, -0.15) is 0 Å². The van der Waals surface area contributed by atoms with Crippen molar-refractivity contribution in [2.45, 2.75) is 19.9 Å². The largest absolute Gasteiger partial charge is 0.507 e. The number of amides is 1. The second-order valence-electron chi connectivity index (χ2n) is 8.95. The molecule has 0 spiro atoms. The highest BCUT2D eigenvalue weighted by Crippen LogP contribution is 2.42. The summed E-state index contributed by atoms with van der Waals surface area (Å²) in [4.78, 5) is 30.6. The fourth-order valence-electron chi connectivity index (χ4n) is 5.06. The zero-order valence-corrected chi connectivity index (χ0v) is 20.6. The van der Waals surface area contributed by atoms with Crippen LogP contribution in [-0.2, 0) is 9.59 Å². The predicted octanol–water partition coefficient (Wildman–Crippen LogP) is 4.37. The molecule has 7 heteroatoms. The van der Waals surface area contributed by atoms with Gasteiger partial charge in [0.15, 0.2) is 11.5 Å². The number of fused-ring (bicyclic) bond motifs is 2. The number of carbonyl (C=O) groups is 2. The lowest BCUT2D eigenvalue weighted by Crippen LogP contribution is -2.38. The van der Waals surface area contributed by atoms with Crippen LogP contribution in [0, 0.1) is 0 Å². The predicted molar refractivity (Wildman–Crippen MR) is 138 cm³/mol. The molecule has 1 N–H and O–H groups in total. The van der Waals surface area contributed by atoms with E-state index in [1.54, 1.807) is 23.1 Å². The third kappa shape index (κ3) is 4.20. The van der Waals surface area contributed by atoms with E-state index in [4.69, 9.17) is 9.47 Å². The number of nitrogens with zero attached hydrogens (tertiary/aromatic N) is 2. The van der Waals surface area contributed by atoms with E-state index in [1.807, 2.05) is 42.5 Å². The molecule has 0 saturated carbocycles. The maximum atomic E-state index is 13.4. The van der Waals surface area contributed by atoms with E-state index in [9.17, 15) is 14.7 Å². The number of aliphatic hydroxyl groups excluding tert-OH is 1. The third-order valence-electron chi connectivity index (χ3n) is 7.03. The van der Waals surface area contributed by atoms with E-state index in [2.05, 4.69) is 18.7 Å². The molecule has 3 aromatic rings. The summed E-state index contributed by atoms with van der Waals surface area (Å²) in [5.41, 5.74) is 1.31. The van der Waals surface area contributed by atoms with Gasteiger partial charge in [-0.25, -0.2) is 0 Å². The Morgan fingerprint density at radius 1 is 0.972 bits per heavy atom. The number of aliphatic hydroxyl groups is 1. The van der Waals surface area contributed by atoms with Gasteiger partial charge in [0.25, 0.3) is 11.7 Å². The first-order chi connectivity index (χ1) is 17.5. The zero-order chi connectivity index (χ0) is 25.2. The summed E-state index contributed by atoms with van der Waals surface area (Å²) in [5.74, 6) is -0.404. The van der Waals surface area contributed by atoms with Gasteiger partial charge >= 0.3 is 0 Å². The van der Waals surface area contributed by atoms with Crippen molar-refractivity contribution in [1.82, 2.24) is 9.80 Å². The normalized spacial score (nSPS) is 18.9. The fraction of sp³-hybridized carbons (Fsp3) is 0.310. The van der Waals surface area contributed by atoms with Gasteiger partial charge in [0.2, 0.25) is 0 Å². The molecule has 186 valence electrons. The van der Waals surface area contributed by atoms with Gasteiger partial charge in [-0.15, -0.1) is 0 Å². The molecule has 0 aromatic heterocycles. The second kappa shape index (κ2) is 10.0. The minimum Gasteiger partial charge on any atom is -0.507 e. The number of Topliss-reactive ketones (excluding diaryl/α,β-unsaturated/α-hetero) is 1. The summed E-state index contributed by atoms with van der Waals surface area (Å²) >= 11 is 0. The number of benzene rings is 3. The van der Waals surface area contributed by atoms with Crippen molar-refractivity contribution in [3.05, 3.63) is 77.4 Å². The Morgan fingerprint density at radius 2 is 1.69 bits per heavy atom. The van der Waals surface area contributed by atoms with Crippen molar-refractivity contribution in [3.8, 4) is 11.5 Å². The summed E-state index contributed by atoms with van der Waals surface area (Å²) in [6, 6.07) is 18.1. The number of rotatable bonds is 7. The minimum atomic E-state index is -0.708. The van der Waals surface area contributed by atoms with E-state index < -0.39 is 17.7 Å². The standard InChI is InChI=1S/C29H30N2O5/c1-3-30(4-2)14-15-31-26(22-11-7-9-19-8-5-6-10-21(19)22)25(28(33)29(31)34)27(32)20-12-13-23-24(18-20)36-17-16-35-23/h5-13,18,26,32H,3-4,14-17H2,1-2H3. The lowest BCUT2D eigenvalue weighted by Gasteiger charge is -2.29. The second-order valence-corrected chi connectivity index (χ2v) is 8.95. The van der Waals surface area contributed by atoms with Gasteiger partial charge in [0.05, 0.1) is 11.6 Å². The molecule has 36 heavy (non-hydrogen) atoms. The molecule has 1 atom stereocenters. The quantitative estimate of drug-likeness (QED) is 0.303. The van der Waals surface area contributed by atoms with Crippen molar-refractivity contribution in [1.29, 1.82) is 0 Å².